The van der Waals surface area contributed by atoms with E-state index in [1.165, 1.54) is 25.4 Å². The van der Waals surface area contributed by atoms with E-state index in [1.54, 1.807) is 24.4 Å². The molecule has 10 heteroatoms. The Morgan fingerprint density at radius 3 is 2.57 bits per heavy atom. The summed E-state index contributed by atoms with van der Waals surface area (Å²) in [7, 11) is 1.53. The van der Waals surface area contributed by atoms with Gasteiger partial charge in [-0.1, -0.05) is 12.1 Å². The number of nitrogens with two attached hydrogens (primary N) is 2. The summed E-state index contributed by atoms with van der Waals surface area (Å²) in [6.45, 7) is 0.0915. The van der Waals surface area contributed by atoms with E-state index in [2.05, 4.69) is 10.3 Å². The molecule has 2 aromatic carbocycles. The summed E-state index contributed by atoms with van der Waals surface area (Å²) in [4.78, 5) is 15.2. The van der Waals surface area contributed by atoms with Crippen molar-refractivity contribution >= 4 is 22.5 Å². The predicted octanol–water partition coefficient (Wildman–Crippen LogP) is 3.31. The molecule has 0 spiro atoms. The van der Waals surface area contributed by atoms with Crippen molar-refractivity contribution in [1.82, 2.24) is 9.99 Å². The molecular formula is C20H20F3N5O2. The van der Waals surface area contributed by atoms with Gasteiger partial charge in [-0.15, -0.1) is 0 Å². The monoisotopic (exact) mass is 419 g/mol. The number of halogens is 3. The van der Waals surface area contributed by atoms with E-state index in [-0.39, 0.29) is 12.3 Å². The maximum absolute atomic E-state index is 12.6. The molecule has 0 aliphatic carbocycles. The van der Waals surface area contributed by atoms with Crippen molar-refractivity contribution < 1.29 is 22.7 Å². The molecule has 0 unspecified atom stereocenters. The normalized spacial score (nSPS) is 12.1. The Kier molecular flexibility index (Phi) is 5.88. The number of H-pyrrole nitrogens is 1. The number of fused-ring (bicyclic) bond motifs is 1. The van der Waals surface area contributed by atoms with Crippen molar-refractivity contribution in [3.63, 3.8) is 0 Å². The summed E-state index contributed by atoms with van der Waals surface area (Å²) in [6, 6.07) is 9.95. The van der Waals surface area contributed by atoms with Crippen LogP contribution in [0.1, 0.15) is 11.1 Å². The third-order valence-corrected chi connectivity index (χ3v) is 4.19. The van der Waals surface area contributed by atoms with E-state index >= 15 is 0 Å². The van der Waals surface area contributed by atoms with Crippen LogP contribution in [0.2, 0.25) is 0 Å². The lowest BCUT2D eigenvalue weighted by atomic mass is 10.1. The minimum Gasteiger partial charge on any atom is -0.489 e. The first-order valence-electron chi connectivity index (χ1n) is 8.80. The predicted molar refractivity (Wildman–Crippen MR) is 107 cm³/mol. The summed E-state index contributed by atoms with van der Waals surface area (Å²) in [5, 5.41) is 4.53. The number of ether oxygens (including phenoxy) is 1. The highest BCUT2D eigenvalue weighted by molar-refractivity contribution is 6.08. The van der Waals surface area contributed by atoms with Crippen molar-refractivity contribution in [3.8, 4) is 5.75 Å². The second-order valence-corrected chi connectivity index (χ2v) is 6.60. The van der Waals surface area contributed by atoms with Gasteiger partial charge in [0.2, 0.25) is 0 Å². The zero-order valence-corrected chi connectivity index (χ0v) is 16.0. The first kappa shape index (κ1) is 21.1. The number of aromatic nitrogens is 1. The van der Waals surface area contributed by atoms with Gasteiger partial charge in [-0.25, -0.2) is 5.84 Å². The number of nitrogens with one attached hydrogen (secondary N) is 2. The zero-order valence-electron chi connectivity index (χ0n) is 16.0. The molecule has 0 fully saturated rings. The van der Waals surface area contributed by atoms with Gasteiger partial charge < -0.3 is 25.8 Å². The fourth-order valence-corrected chi connectivity index (χ4v) is 2.72. The summed E-state index contributed by atoms with van der Waals surface area (Å²) in [6.07, 6.45) is -1.48. The van der Waals surface area contributed by atoms with Crippen LogP contribution < -0.4 is 21.6 Å². The van der Waals surface area contributed by atoms with Crippen molar-refractivity contribution in [2.75, 3.05) is 12.4 Å². The SMILES string of the molecule is CN(N)/C=C(\N)C(=O)Nc1c[nH]c2ccc(OCc3ccc(C(F)(F)F)cc3)cc12. The molecular weight excluding hydrogens is 399 g/mol. The highest BCUT2D eigenvalue weighted by atomic mass is 19.4. The maximum atomic E-state index is 12.6. The van der Waals surface area contributed by atoms with Crippen molar-refractivity contribution in [2.45, 2.75) is 12.8 Å². The topological polar surface area (TPSA) is 109 Å². The van der Waals surface area contributed by atoms with Gasteiger partial charge in [0.15, 0.2) is 0 Å². The number of anilines is 1. The quantitative estimate of drug-likeness (QED) is 0.278. The Bertz CT molecular complexity index is 1070. The minimum atomic E-state index is -4.38. The standard InChI is InChI=1S/C20H20F3N5O2/c1-28(25)10-16(24)19(29)27-18-9-26-17-7-6-14(8-15(17)18)30-11-12-2-4-13(5-3-12)20(21,22)23/h2-10,26H,11,24-25H2,1H3,(H,27,29)/b16-10-. The molecule has 3 aromatic rings. The van der Waals surface area contributed by atoms with Crippen LogP contribution in [0.4, 0.5) is 18.9 Å². The molecule has 30 heavy (non-hydrogen) atoms. The minimum absolute atomic E-state index is 0.0657. The molecule has 6 N–H and O–H groups in total. The Balaban J connectivity index is 1.72. The summed E-state index contributed by atoms with van der Waals surface area (Å²) in [5.41, 5.74) is 6.74. The number of rotatable bonds is 6. The molecule has 0 bridgehead atoms. The van der Waals surface area contributed by atoms with Gasteiger partial charge in [-0.3, -0.25) is 4.79 Å². The Hall–Kier alpha value is -3.66. The number of carbonyl (C=O) groups is 1. The molecule has 1 aromatic heterocycles. The van der Waals surface area contributed by atoms with Gasteiger partial charge in [0.05, 0.1) is 11.3 Å². The molecule has 3 rings (SSSR count). The van der Waals surface area contributed by atoms with Gasteiger partial charge in [0.25, 0.3) is 5.91 Å². The van der Waals surface area contributed by atoms with Crippen LogP contribution in [-0.4, -0.2) is 22.9 Å². The maximum Gasteiger partial charge on any atom is 0.416 e. The molecule has 1 amide bonds. The summed E-state index contributed by atoms with van der Waals surface area (Å²) >= 11 is 0. The molecule has 0 radical (unpaired) electrons. The average Bonchev–Trinajstić information content (AvgIpc) is 3.07. The Morgan fingerprint density at radius 1 is 1.23 bits per heavy atom. The number of nitrogens with zero attached hydrogens (tertiary/aromatic N) is 1. The molecule has 7 nitrogen and oxygen atoms in total. The average molecular weight is 419 g/mol. The van der Waals surface area contributed by atoms with Crippen molar-refractivity contribution in [2.24, 2.45) is 11.6 Å². The Morgan fingerprint density at radius 2 is 1.93 bits per heavy atom. The number of aromatic amines is 1. The van der Waals surface area contributed by atoms with Crippen LogP contribution in [0.3, 0.4) is 0 Å². The molecule has 0 saturated heterocycles. The van der Waals surface area contributed by atoms with Gasteiger partial charge >= 0.3 is 6.18 Å². The summed E-state index contributed by atoms with van der Waals surface area (Å²) < 4.78 is 43.6. The van der Waals surface area contributed by atoms with E-state index in [1.807, 2.05) is 0 Å². The largest absolute Gasteiger partial charge is 0.489 e. The molecule has 0 atom stereocenters. The molecule has 0 aliphatic heterocycles. The van der Waals surface area contributed by atoms with Gasteiger partial charge in [-0.2, -0.15) is 13.2 Å². The van der Waals surface area contributed by atoms with Crippen LogP contribution in [0, 0.1) is 0 Å². The van der Waals surface area contributed by atoms with E-state index in [4.69, 9.17) is 16.3 Å². The fraction of sp³-hybridized carbons (Fsp3) is 0.150. The zero-order chi connectivity index (χ0) is 21.9. The molecule has 0 aliphatic rings. The first-order chi connectivity index (χ1) is 14.1. The second-order valence-electron chi connectivity index (χ2n) is 6.60. The van der Waals surface area contributed by atoms with Gasteiger partial charge in [0.1, 0.15) is 18.1 Å². The lowest BCUT2D eigenvalue weighted by Gasteiger charge is -2.10. The highest BCUT2D eigenvalue weighted by Gasteiger charge is 2.29. The number of hydrazine groups is 1. The van der Waals surface area contributed by atoms with Crippen LogP contribution in [0.25, 0.3) is 10.9 Å². The number of benzene rings is 2. The molecule has 1 heterocycles. The third-order valence-electron chi connectivity index (χ3n) is 4.19. The second kappa shape index (κ2) is 8.37. The van der Waals surface area contributed by atoms with E-state index in [0.717, 1.165) is 22.7 Å². The van der Waals surface area contributed by atoms with Gasteiger partial charge in [-0.05, 0) is 35.9 Å². The van der Waals surface area contributed by atoms with Crippen molar-refractivity contribution in [3.05, 3.63) is 71.7 Å². The molecule has 158 valence electrons. The van der Waals surface area contributed by atoms with Crippen LogP contribution in [-0.2, 0) is 17.6 Å². The number of hydrogen-bond acceptors (Lipinski definition) is 5. The number of amides is 1. The van der Waals surface area contributed by atoms with Crippen LogP contribution in [0.15, 0.2) is 60.6 Å². The first-order valence-corrected chi connectivity index (χ1v) is 8.80. The van der Waals surface area contributed by atoms with E-state index in [0.29, 0.717) is 22.4 Å². The lowest BCUT2D eigenvalue weighted by molar-refractivity contribution is -0.137. The van der Waals surface area contributed by atoms with Crippen LogP contribution >= 0.6 is 0 Å². The molecule has 0 saturated carbocycles. The van der Waals surface area contributed by atoms with Crippen molar-refractivity contribution in [1.29, 1.82) is 0 Å². The fourth-order valence-electron chi connectivity index (χ4n) is 2.72. The highest BCUT2D eigenvalue weighted by Crippen LogP contribution is 2.30. The number of alkyl halides is 3. The van der Waals surface area contributed by atoms with Gasteiger partial charge in [0, 0.05) is 30.3 Å². The Labute approximate surface area is 170 Å². The number of carbonyl (C=O) groups excluding carboxylic acids is 1. The van der Waals surface area contributed by atoms with Crippen LogP contribution in [0.5, 0.6) is 5.75 Å². The number of hydrogen-bond donors (Lipinski definition) is 4. The lowest BCUT2D eigenvalue weighted by Crippen LogP contribution is -2.26. The van der Waals surface area contributed by atoms with E-state index < -0.39 is 17.6 Å². The summed E-state index contributed by atoms with van der Waals surface area (Å²) in [5.74, 6) is 5.41. The smallest absolute Gasteiger partial charge is 0.416 e. The van der Waals surface area contributed by atoms with E-state index in [9.17, 15) is 18.0 Å². The third kappa shape index (κ3) is 5.03.